The van der Waals surface area contributed by atoms with Gasteiger partial charge < -0.3 is 0 Å². The van der Waals surface area contributed by atoms with Crippen LogP contribution in [0.5, 0.6) is 0 Å². The summed E-state index contributed by atoms with van der Waals surface area (Å²) in [6.07, 6.45) is 2.34. The van der Waals surface area contributed by atoms with E-state index in [2.05, 4.69) is 10.5 Å². The van der Waals surface area contributed by atoms with E-state index in [-0.39, 0.29) is 11.1 Å². The Balaban J connectivity index is 2.24. The van der Waals surface area contributed by atoms with Crippen LogP contribution in [0.4, 0.5) is 4.39 Å². The van der Waals surface area contributed by atoms with Gasteiger partial charge in [0.15, 0.2) is 0 Å². The standard InChI is InChI=1S/C13H16ClFN4/c1-8-10(7-17-19(8)2)13(18-16)6-9-3-4-11(14)12(15)5-9/h3-5,7,13,18H,6,16H2,1-2H3. The summed E-state index contributed by atoms with van der Waals surface area (Å²) in [5, 5.41) is 4.31. The van der Waals surface area contributed by atoms with Crippen molar-refractivity contribution in [2.45, 2.75) is 19.4 Å². The summed E-state index contributed by atoms with van der Waals surface area (Å²) in [4.78, 5) is 0. The van der Waals surface area contributed by atoms with Gasteiger partial charge in [-0.2, -0.15) is 5.10 Å². The van der Waals surface area contributed by atoms with Crippen molar-refractivity contribution in [3.63, 3.8) is 0 Å². The summed E-state index contributed by atoms with van der Waals surface area (Å²) in [6.45, 7) is 1.97. The second-order valence-electron chi connectivity index (χ2n) is 4.48. The van der Waals surface area contributed by atoms with Crippen LogP contribution >= 0.6 is 11.6 Å². The maximum absolute atomic E-state index is 13.4. The fourth-order valence-corrected chi connectivity index (χ4v) is 2.14. The molecule has 0 aliphatic carbocycles. The normalized spacial score (nSPS) is 12.7. The molecule has 0 bridgehead atoms. The number of nitrogens with two attached hydrogens (primary N) is 1. The van der Waals surface area contributed by atoms with E-state index in [0.29, 0.717) is 6.42 Å². The molecule has 4 nitrogen and oxygen atoms in total. The molecule has 0 aliphatic heterocycles. The van der Waals surface area contributed by atoms with E-state index in [4.69, 9.17) is 17.4 Å². The Morgan fingerprint density at radius 1 is 1.53 bits per heavy atom. The third kappa shape index (κ3) is 2.94. The first-order chi connectivity index (χ1) is 9.02. The molecule has 1 atom stereocenters. The molecule has 1 aromatic heterocycles. The Kier molecular flexibility index (Phi) is 4.19. The Morgan fingerprint density at radius 3 is 2.79 bits per heavy atom. The molecular weight excluding hydrogens is 267 g/mol. The lowest BCUT2D eigenvalue weighted by Gasteiger charge is -2.16. The molecule has 0 aliphatic rings. The second kappa shape index (κ2) is 5.69. The molecular formula is C13H16ClFN4. The summed E-state index contributed by atoms with van der Waals surface area (Å²) in [5.74, 6) is 5.17. The maximum atomic E-state index is 13.4. The van der Waals surface area contributed by atoms with Crippen molar-refractivity contribution in [2.24, 2.45) is 12.9 Å². The lowest BCUT2D eigenvalue weighted by Crippen LogP contribution is -2.30. The Morgan fingerprint density at radius 2 is 2.26 bits per heavy atom. The average molecular weight is 283 g/mol. The van der Waals surface area contributed by atoms with Gasteiger partial charge in [0.25, 0.3) is 0 Å². The molecule has 2 rings (SSSR count). The molecule has 6 heteroatoms. The van der Waals surface area contributed by atoms with Crippen LogP contribution in [0.2, 0.25) is 5.02 Å². The van der Waals surface area contributed by atoms with Crippen LogP contribution in [0.25, 0.3) is 0 Å². The van der Waals surface area contributed by atoms with Gasteiger partial charge in [-0.3, -0.25) is 16.0 Å². The van der Waals surface area contributed by atoms with Gasteiger partial charge in [-0.05, 0) is 31.0 Å². The minimum Gasteiger partial charge on any atom is -0.273 e. The van der Waals surface area contributed by atoms with Crippen LogP contribution in [0.3, 0.4) is 0 Å². The van der Waals surface area contributed by atoms with Crippen molar-refractivity contribution >= 4 is 11.6 Å². The number of hydrogen-bond donors (Lipinski definition) is 2. The van der Waals surface area contributed by atoms with E-state index >= 15 is 0 Å². The minimum atomic E-state index is -0.419. The third-order valence-corrected chi connectivity index (χ3v) is 3.58. The fraction of sp³-hybridized carbons (Fsp3) is 0.308. The highest BCUT2D eigenvalue weighted by Crippen LogP contribution is 2.23. The van der Waals surface area contributed by atoms with Crippen LogP contribution in [-0.4, -0.2) is 9.78 Å². The van der Waals surface area contributed by atoms with Crippen molar-refractivity contribution < 1.29 is 4.39 Å². The van der Waals surface area contributed by atoms with E-state index in [1.807, 2.05) is 14.0 Å². The van der Waals surface area contributed by atoms with Crippen molar-refractivity contribution in [3.05, 3.63) is 52.1 Å². The zero-order valence-corrected chi connectivity index (χ0v) is 11.6. The molecule has 102 valence electrons. The zero-order chi connectivity index (χ0) is 14.0. The largest absolute Gasteiger partial charge is 0.273 e. The van der Waals surface area contributed by atoms with Crippen molar-refractivity contribution in [1.82, 2.24) is 15.2 Å². The molecule has 0 amide bonds. The predicted molar refractivity (Wildman–Crippen MR) is 73.1 cm³/mol. The second-order valence-corrected chi connectivity index (χ2v) is 4.89. The maximum Gasteiger partial charge on any atom is 0.142 e. The van der Waals surface area contributed by atoms with E-state index in [9.17, 15) is 4.39 Å². The number of halogens is 2. The van der Waals surface area contributed by atoms with Crippen LogP contribution in [-0.2, 0) is 13.5 Å². The third-order valence-electron chi connectivity index (χ3n) is 3.27. The molecule has 0 saturated carbocycles. The van der Waals surface area contributed by atoms with Gasteiger partial charge in [-0.1, -0.05) is 17.7 Å². The van der Waals surface area contributed by atoms with Gasteiger partial charge in [-0.15, -0.1) is 0 Å². The van der Waals surface area contributed by atoms with Crippen LogP contribution < -0.4 is 11.3 Å². The van der Waals surface area contributed by atoms with Gasteiger partial charge >= 0.3 is 0 Å². The number of nitrogens with zero attached hydrogens (tertiary/aromatic N) is 2. The van der Waals surface area contributed by atoms with Gasteiger partial charge in [0.2, 0.25) is 0 Å². The van der Waals surface area contributed by atoms with Crippen LogP contribution in [0.1, 0.15) is 22.9 Å². The zero-order valence-electron chi connectivity index (χ0n) is 10.8. The molecule has 1 aromatic carbocycles. The molecule has 1 unspecified atom stereocenters. The van der Waals surface area contributed by atoms with E-state index in [0.717, 1.165) is 16.8 Å². The minimum absolute atomic E-state index is 0.116. The summed E-state index contributed by atoms with van der Waals surface area (Å²) in [7, 11) is 1.87. The van der Waals surface area contributed by atoms with Crippen LogP contribution in [0.15, 0.2) is 24.4 Å². The topological polar surface area (TPSA) is 55.9 Å². The number of hydrazine groups is 1. The monoisotopic (exact) mass is 282 g/mol. The SMILES string of the molecule is Cc1c(C(Cc2ccc(Cl)c(F)c2)NN)cnn1C. The first-order valence-corrected chi connectivity index (χ1v) is 6.29. The quantitative estimate of drug-likeness (QED) is 0.668. The molecule has 1 heterocycles. The van der Waals surface area contributed by atoms with Crippen molar-refractivity contribution in [1.29, 1.82) is 0 Å². The molecule has 0 fully saturated rings. The lowest BCUT2D eigenvalue weighted by atomic mass is 10.00. The smallest absolute Gasteiger partial charge is 0.142 e. The highest BCUT2D eigenvalue weighted by atomic mass is 35.5. The van der Waals surface area contributed by atoms with Gasteiger partial charge in [0.1, 0.15) is 5.82 Å². The first-order valence-electron chi connectivity index (χ1n) is 5.91. The number of rotatable bonds is 4. The summed E-state index contributed by atoms with van der Waals surface area (Å²) in [6, 6.07) is 4.66. The predicted octanol–water partition coefficient (Wildman–Crippen LogP) is 2.27. The summed E-state index contributed by atoms with van der Waals surface area (Å²) >= 11 is 5.67. The van der Waals surface area contributed by atoms with Crippen molar-refractivity contribution in [3.8, 4) is 0 Å². The van der Waals surface area contributed by atoms with Gasteiger partial charge in [0.05, 0.1) is 17.3 Å². The Bertz CT molecular complexity index is 582. The Hall–Kier alpha value is -1.43. The van der Waals surface area contributed by atoms with E-state index < -0.39 is 5.82 Å². The molecule has 2 aromatic rings. The fourth-order valence-electron chi connectivity index (χ4n) is 2.02. The van der Waals surface area contributed by atoms with Crippen molar-refractivity contribution in [2.75, 3.05) is 0 Å². The van der Waals surface area contributed by atoms with Gasteiger partial charge in [0, 0.05) is 18.3 Å². The van der Waals surface area contributed by atoms with Gasteiger partial charge in [-0.25, -0.2) is 4.39 Å². The molecule has 0 saturated heterocycles. The Labute approximate surface area is 116 Å². The lowest BCUT2D eigenvalue weighted by molar-refractivity contribution is 0.545. The van der Waals surface area contributed by atoms with E-state index in [1.165, 1.54) is 6.07 Å². The molecule has 3 N–H and O–H groups in total. The highest BCUT2D eigenvalue weighted by Gasteiger charge is 2.16. The molecule has 19 heavy (non-hydrogen) atoms. The number of hydrogen-bond acceptors (Lipinski definition) is 3. The van der Waals surface area contributed by atoms with Crippen LogP contribution in [0, 0.1) is 12.7 Å². The number of nitrogens with one attached hydrogen (secondary N) is 1. The number of aromatic nitrogens is 2. The average Bonchev–Trinajstić information content (AvgIpc) is 2.72. The number of aryl methyl sites for hydroxylation is 1. The molecule has 0 radical (unpaired) electrons. The summed E-state index contributed by atoms with van der Waals surface area (Å²) in [5.41, 5.74) is 5.60. The first kappa shape index (κ1) is 14.0. The molecule has 0 spiro atoms. The highest BCUT2D eigenvalue weighted by molar-refractivity contribution is 6.30. The summed E-state index contributed by atoms with van der Waals surface area (Å²) < 4.78 is 15.2. The van der Waals surface area contributed by atoms with E-state index in [1.54, 1.807) is 23.0 Å². The number of benzene rings is 1.